The number of aryl methyl sites for hydroxylation is 1. The van der Waals surface area contributed by atoms with Crippen LogP contribution >= 0.6 is 0 Å². The molecule has 0 saturated carbocycles. The highest BCUT2D eigenvalue weighted by Crippen LogP contribution is 2.12. The number of anilines is 1. The number of carbonyl (C=O) groups is 1. The second kappa shape index (κ2) is 6.00. The van der Waals surface area contributed by atoms with Crippen LogP contribution in [0.15, 0.2) is 42.6 Å². The van der Waals surface area contributed by atoms with Gasteiger partial charge < -0.3 is 11.1 Å². The molecule has 0 aliphatic carbocycles. The Labute approximate surface area is 112 Å². The van der Waals surface area contributed by atoms with Gasteiger partial charge in [0.1, 0.15) is 5.82 Å². The minimum atomic E-state index is -0.463. The van der Waals surface area contributed by atoms with E-state index in [1.807, 2.05) is 12.1 Å². The van der Waals surface area contributed by atoms with Crippen LogP contribution in [0.25, 0.3) is 0 Å². The lowest BCUT2D eigenvalue weighted by Gasteiger charge is -2.09. The summed E-state index contributed by atoms with van der Waals surface area (Å²) in [7, 11) is 0. The van der Waals surface area contributed by atoms with E-state index in [4.69, 9.17) is 5.73 Å². The number of hydrogen-bond acceptors (Lipinski definition) is 3. The lowest BCUT2D eigenvalue weighted by molar-refractivity contribution is 0.1000. The highest BCUT2D eigenvalue weighted by molar-refractivity contribution is 5.92. The first-order valence-electron chi connectivity index (χ1n) is 6.27. The van der Waals surface area contributed by atoms with Gasteiger partial charge in [0, 0.05) is 12.7 Å². The van der Waals surface area contributed by atoms with Crippen LogP contribution < -0.4 is 11.1 Å². The summed E-state index contributed by atoms with van der Waals surface area (Å²) in [6, 6.07) is 11.7. The maximum absolute atomic E-state index is 10.9. The van der Waals surface area contributed by atoms with Crippen molar-refractivity contribution < 1.29 is 4.79 Å². The lowest BCUT2D eigenvalue weighted by Crippen LogP contribution is -2.11. The van der Waals surface area contributed by atoms with Crippen LogP contribution in [0.1, 0.15) is 28.4 Å². The zero-order valence-corrected chi connectivity index (χ0v) is 10.9. The van der Waals surface area contributed by atoms with Crippen molar-refractivity contribution >= 4 is 11.7 Å². The van der Waals surface area contributed by atoms with E-state index in [9.17, 15) is 4.79 Å². The third-order valence-corrected chi connectivity index (χ3v) is 3.01. The summed E-state index contributed by atoms with van der Waals surface area (Å²) in [5, 5.41) is 3.24. The molecule has 0 atom stereocenters. The van der Waals surface area contributed by atoms with Gasteiger partial charge in [0.25, 0.3) is 0 Å². The molecule has 98 valence electrons. The molecule has 1 aromatic carbocycles. The van der Waals surface area contributed by atoms with Gasteiger partial charge in [-0.2, -0.15) is 0 Å². The van der Waals surface area contributed by atoms with Crippen molar-refractivity contribution in [1.29, 1.82) is 0 Å². The molecule has 0 radical (unpaired) electrons. The van der Waals surface area contributed by atoms with E-state index in [0.29, 0.717) is 12.1 Å². The van der Waals surface area contributed by atoms with Gasteiger partial charge in [0.05, 0.1) is 5.56 Å². The van der Waals surface area contributed by atoms with Crippen molar-refractivity contribution in [2.24, 2.45) is 5.73 Å². The number of nitrogens with zero attached hydrogens (tertiary/aromatic N) is 1. The fourth-order valence-corrected chi connectivity index (χ4v) is 1.90. The van der Waals surface area contributed by atoms with Gasteiger partial charge >= 0.3 is 0 Å². The molecule has 0 spiro atoms. The van der Waals surface area contributed by atoms with Crippen LogP contribution in [0, 0.1) is 0 Å². The summed E-state index contributed by atoms with van der Waals surface area (Å²) in [4.78, 5) is 15.1. The molecule has 4 nitrogen and oxygen atoms in total. The van der Waals surface area contributed by atoms with Crippen molar-refractivity contribution in [3.05, 3.63) is 59.3 Å². The number of pyridine rings is 1. The maximum Gasteiger partial charge on any atom is 0.250 e. The van der Waals surface area contributed by atoms with Crippen molar-refractivity contribution in [2.75, 3.05) is 5.32 Å². The van der Waals surface area contributed by atoms with Crippen LogP contribution in [-0.2, 0) is 13.0 Å². The number of amides is 1. The Balaban J connectivity index is 2.04. The molecular formula is C15H17N3O. The number of primary amides is 1. The standard InChI is InChI=1S/C15H17N3O/c1-2-11-5-3-4-6-12(11)9-17-14-8-7-13(10-18-14)15(16)19/h3-8,10H,2,9H2,1H3,(H2,16,19)(H,17,18). The molecule has 2 aromatic rings. The molecule has 3 N–H and O–H groups in total. The molecule has 0 bridgehead atoms. The smallest absolute Gasteiger partial charge is 0.250 e. The van der Waals surface area contributed by atoms with Crippen LogP contribution in [0.4, 0.5) is 5.82 Å². The van der Waals surface area contributed by atoms with E-state index >= 15 is 0 Å². The predicted molar refractivity (Wildman–Crippen MR) is 75.9 cm³/mol. The van der Waals surface area contributed by atoms with E-state index in [2.05, 4.69) is 29.4 Å². The van der Waals surface area contributed by atoms with Gasteiger partial charge in [-0.1, -0.05) is 31.2 Å². The van der Waals surface area contributed by atoms with Crippen molar-refractivity contribution in [3.8, 4) is 0 Å². The van der Waals surface area contributed by atoms with Crippen LogP contribution in [0.5, 0.6) is 0 Å². The summed E-state index contributed by atoms with van der Waals surface area (Å²) in [6.45, 7) is 2.85. The number of nitrogens with one attached hydrogen (secondary N) is 1. The molecule has 1 amide bonds. The highest BCUT2D eigenvalue weighted by atomic mass is 16.1. The van der Waals surface area contributed by atoms with Crippen molar-refractivity contribution in [3.63, 3.8) is 0 Å². The molecule has 0 unspecified atom stereocenters. The minimum Gasteiger partial charge on any atom is -0.366 e. The van der Waals surface area contributed by atoms with Crippen LogP contribution in [0.3, 0.4) is 0 Å². The van der Waals surface area contributed by atoms with Gasteiger partial charge in [-0.15, -0.1) is 0 Å². The SMILES string of the molecule is CCc1ccccc1CNc1ccc(C(N)=O)cn1. The maximum atomic E-state index is 10.9. The fourth-order valence-electron chi connectivity index (χ4n) is 1.90. The van der Waals surface area contributed by atoms with E-state index < -0.39 is 5.91 Å². The molecule has 0 aliphatic heterocycles. The van der Waals surface area contributed by atoms with Crippen LogP contribution in [0.2, 0.25) is 0 Å². The largest absolute Gasteiger partial charge is 0.366 e. The molecule has 2 rings (SSSR count). The number of hydrogen-bond donors (Lipinski definition) is 2. The third-order valence-electron chi connectivity index (χ3n) is 3.01. The summed E-state index contributed by atoms with van der Waals surface area (Å²) >= 11 is 0. The van der Waals surface area contributed by atoms with E-state index in [-0.39, 0.29) is 0 Å². The third kappa shape index (κ3) is 3.31. The zero-order valence-electron chi connectivity index (χ0n) is 10.9. The lowest BCUT2D eigenvalue weighted by atomic mass is 10.1. The molecule has 0 saturated heterocycles. The number of rotatable bonds is 5. The first-order chi connectivity index (χ1) is 9.20. The second-order valence-electron chi connectivity index (χ2n) is 4.27. The average molecular weight is 255 g/mol. The first-order valence-corrected chi connectivity index (χ1v) is 6.27. The molecule has 1 aromatic heterocycles. The number of benzene rings is 1. The van der Waals surface area contributed by atoms with Crippen molar-refractivity contribution in [1.82, 2.24) is 4.98 Å². The van der Waals surface area contributed by atoms with Gasteiger partial charge in [-0.25, -0.2) is 4.98 Å². The van der Waals surface area contributed by atoms with Gasteiger partial charge in [0.2, 0.25) is 5.91 Å². The molecular weight excluding hydrogens is 238 g/mol. The zero-order chi connectivity index (χ0) is 13.7. The van der Waals surface area contributed by atoms with Gasteiger partial charge in [-0.05, 0) is 29.7 Å². The van der Waals surface area contributed by atoms with E-state index in [1.165, 1.54) is 17.3 Å². The Morgan fingerprint density at radius 1 is 1.21 bits per heavy atom. The molecule has 0 fully saturated rings. The monoisotopic (exact) mass is 255 g/mol. The van der Waals surface area contributed by atoms with Gasteiger partial charge in [-0.3, -0.25) is 4.79 Å². The first kappa shape index (κ1) is 13.1. The Morgan fingerprint density at radius 2 is 1.95 bits per heavy atom. The summed E-state index contributed by atoms with van der Waals surface area (Å²) < 4.78 is 0. The molecule has 19 heavy (non-hydrogen) atoms. The van der Waals surface area contributed by atoms with Crippen LogP contribution in [-0.4, -0.2) is 10.9 Å². The van der Waals surface area contributed by atoms with E-state index in [0.717, 1.165) is 12.2 Å². The summed E-state index contributed by atoms with van der Waals surface area (Å²) in [5.41, 5.74) is 8.16. The normalized spacial score (nSPS) is 10.2. The summed E-state index contributed by atoms with van der Waals surface area (Å²) in [5.74, 6) is 0.270. The van der Waals surface area contributed by atoms with Crippen molar-refractivity contribution in [2.45, 2.75) is 19.9 Å². The minimum absolute atomic E-state index is 0.416. The molecule has 1 heterocycles. The van der Waals surface area contributed by atoms with E-state index in [1.54, 1.807) is 12.1 Å². The average Bonchev–Trinajstić information content (AvgIpc) is 2.45. The Hall–Kier alpha value is -2.36. The quantitative estimate of drug-likeness (QED) is 0.861. The second-order valence-corrected chi connectivity index (χ2v) is 4.27. The predicted octanol–water partition coefficient (Wildman–Crippen LogP) is 2.35. The number of aromatic nitrogens is 1. The Kier molecular flexibility index (Phi) is 4.13. The van der Waals surface area contributed by atoms with Gasteiger partial charge in [0.15, 0.2) is 0 Å². The topological polar surface area (TPSA) is 68.0 Å². The summed E-state index contributed by atoms with van der Waals surface area (Å²) in [6.07, 6.45) is 2.49. The molecule has 4 heteroatoms. The Bertz CT molecular complexity index is 564. The highest BCUT2D eigenvalue weighted by Gasteiger charge is 2.02. The number of nitrogens with two attached hydrogens (primary N) is 1. The molecule has 0 aliphatic rings. The fraction of sp³-hybridized carbons (Fsp3) is 0.200. The number of carbonyl (C=O) groups excluding carboxylic acids is 1. The Morgan fingerprint density at radius 3 is 2.53 bits per heavy atom.